The molecule has 1 fully saturated rings. The summed E-state index contributed by atoms with van der Waals surface area (Å²) in [5.74, 6) is 0.0387. The molecule has 0 bridgehead atoms. The van der Waals surface area contributed by atoms with E-state index in [0.717, 1.165) is 0 Å². The number of methoxy groups -OCH3 is 1. The van der Waals surface area contributed by atoms with E-state index in [4.69, 9.17) is 9.47 Å². The van der Waals surface area contributed by atoms with E-state index >= 15 is 0 Å². The highest BCUT2D eigenvalue weighted by atomic mass is 16.5. The number of H-pyrrole nitrogens is 1. The molecule has 2 aromatic rings. The molecule has 2 amide bonds. The summed E-state index contributed by atoms with van der Waals surface area (Å²) in [5.41, 5.74) is 1.37. The van der Waals surface area contributed by atoms with Crippen LogP contribution in [-0.4, -0.2) is 70.1 Å². The van der Waals surface area contributed by atoms with Gasteiger partial charge in [-0.3, -0.25) is 9.59 Å². The number of carbonyl (C=O) groups excluding carboxylic acids is 2. The number of hydrogen-bond donors (Lipinski definition) is 2. The van der Waals surface area contributed by atoms with Gasteiger partial charge in [-0.25, -0.2) is 9.97 Å². The fourth-order valence-electron chi connectivity index (χ4n) is 3.55. The Morgan fingerprint density at radius 3 is 3.00 bits per heavy atom. The first-order chi connectivity index (χ1) is 13.9. The van der Waals surface area contributed by atoms with Crippen molar-refractivity contribution < 1.29 is 19.1 Å². The lowest BCUT2D eigenvalue weighted by atomic mass is 10.0. The fourth-order valence-corrected chi connectivity index (χ4v) is 3.55. The first-order valence-corrected chi connectivity index (χ1v) is 9.66. The van der Waals surface area contributed by atoms with Gasteiger partial charge in [0.25, 0.3) is 5.91 Å². The minimum atomic E-state index is -0.253. The van der Waals surface area contributed by atoms with Crippen LogP contribution in [0.5, 0.6) is 5.88 Å². The number of aromatic nitrogens is 3. The Labute approximate surface area is 169 Å². The lowest BCUT2D eigenvalue weighted by Gasteiger charge is -2.36. The van der Waals surface area contributed by atoms with Gasteiger partial charge < -0.3 is 24.7 Å². The van der Waals surface area contributed by atoms with Crippen molar-refractivity contribution in [2.75, 3.05) is 20.3 Å². The molecule has 0 aliphatic carbocycles. The maximum absolute atomic E-state index is 12.5. The number of nitrogens with zero attached hydrogens (tertiary/aromatic N) is 3. The number of fused-ring (bicyclic) bond motifs is 1. The summed E-state index contributed by atoms with van der Waals surface area (Å²) in [6.45, 7) is 8.41. The van der Waals surface area contributed by atoms with Gasteiger partial charge in [0.15, 0.2) is 5.65 Å². The summed E-state index contributed by atoms with van der Waals surface area (Å²) in [6.07, 6.45) is 5.77. The van der Waals surface area contributed by atoms with Crippen LogP contribution >= 0.6 is 0 Å². The van der Waals surface area contributed by atoms with Crippen molar-refractivity contribution in [3.63, 3.8) is 0 Å². The molecule has 29 heavy (non-hydrogen) atoms. The highest BCUT2D eigenvalue weighted by Gasteiger charge is 2.29. The third-order valence-corrected chi connectivity index (χ3v) is 4.97. The zero-order valence-electron chi connectivity index (χ0n) is 17.0. The van der Waals surface area contributed by atoms with Crippen molar-refractivity contribution in [1.29, 1.82) is 0 Å². The third-order valence-electron chi connectivity index (χ3n) is 4.97. The molecule has 2 aromatic heterocycles. The van der Waals surface area contributed by atoms with Crippen LogP contribution < -0.4 is 10.1 Å². The molecule has 0 aromatic carbocycles. The second-order valence-corrected chi connectivity index (χ2v) is 7.29. The van der Waals surface area contributed by atoms with Gasteiger partial charge in [-0.15, -0.1) is 0 Å². The smallest absolute Gasteiger partial charge is 0.255 e. The molecule has 9 heteroatoms. The number of piperidine rings is 1. The monoisotopic (exact) mass is 401 g/mol. The maximum Gasteiger partial charge on any atom is 0.255 e. The van der Waals surface area contributed by atoms with Crippen LogP contribution in [0.1, 0.15) is 37.0 Å². The average molecular weight is 401 g/mol. The number of ether oxygens (including phenoxy) is 2. The number of carbonyl (C=O) groups is 2. The number of nitrogens with one attached hydrogen (secondary N) is 2. The molecule has 1 aliphatic rings. The molecule has 156 valence electrons. The summed E-state index contributed by atoms with van der Waals surface area (Å²) in [4.78, 5) is 38.0. The maximum atomic E-state index is 12.5. The van der Waals surface area contributed by atoms with Crippen molar-refractivity contribution in [2.24, 2.45) is 0 Å². The van der Waals surface area contributed by atoms with Gasteiger partial charge in [0.2, 0.25) is 11.8 Å². The Hall–Kier alpha value is -2.94. The van der Waals surface area contributed by atoms with E-state index in [1.54, 1.807) is 24.4 Å². The molecule has 1 aliphatic heterocycles. The summed E-state index contributed by atoms with van der Waals surface area (Å²) in [6, 6.07) is -0.0819. The molecule has 2 N–H and O–H groups in total. The Balaban J connectivity index is 1.71. The number of amides is 2. The highest BCUT2D eigenvalue weighted by Crippen LogP contribution is 2.23. The highest BCUT2D eigenvalue weighted by molar-refractivity contribution is 6.04. The largest absolute Gasteiger partial charge is 0.473 e. The van der Waals surface area contributed by atoms with Crippen LogP contribution in [0.4, 0.5) is 0 Å². The second-order valence-electron chi connectivity index (χ2n) is 7.29. The SMILES string of the molecule is C=CC(=O)N1CC[C@H](Oc2cnc3[nH]cc(C(=O)N[C@@H](C)COC)c3n2)C[C@H]1C. The van der Waals surface area contributed by atoms with E-state index in [0.29, 0.717) is 48.6 Å². The zero-order chi connectivity index (χ0) is 21.0. The van der Waals surface area contributed by atoms with Crippen LogP contribution in [0, 0.1) is 0 Å². The number of rotatable bonds is 7. The van der Waals surface area contributed by atoms with E-state index in [1.807, 2.05) is 13.8 Å². The second kappa shape index (κ2) is 9.04. The van der Waals surface area contributed by atoms with Crippen molar-refractivity contribution in [3.8, 4) is 5.88 Å². The van der Waals surface area contributed by atoms with Crippen LogP contribution in [0.2, 0.25) is 0 Å². The van der Waals surface area contributed by atoms with E-state index in [9.17, 15) is 9.59 Å². The molecule has 1 saturated heterocycles. The molecular weight excluding hydrogens is 374 g/mol. The number of likely N-dealkylation sites (tertiary alicyclic amines) is 1. The Kier molecular flexibility index (Phi) is 6.48. The fraction of sp³-hybridized carbons (Fsp3) is 0.500. The molecular formula is C20H27N5O4. The number of aromatic amines is 1. The standard InChI is InChI=1S/C20H27N5O4/c1-5-17(26)25-7-6-14(8-13(25)3)29-16-10-22-19-18(24-16)15(9-21-19)20(27)23-12(2)11-28-4/h5,9-10,12-14H,1,6-8,11H2,2-4H3,(H,21,22)(H,23,27)/t12-,13+,14-/m0/s1. The van der Waals surface area contributed by atoms with Crippen molar-refractivity contribution in [3.05, 3.63) is 30.6 Å². The average Bonchev–Trinajstić information content (AvgIpc) is 3.11. The third kappa shape index (κ3) is 4.73. The molecule has 3 rings (SSSR count). The van der Waals surface area contributed by atoms with Gasteiger partial charge in [0.05, 0.1) is 18.4 Å². The van der Waals surface area contributed by atoms with Gasteiger partial charge in [0, 0.05) is 44.8 Å². The van der Waals surface area contributed by atoms with Gasteiger partial charge in [0.1, 0.15) is 11.6 Å². The number of hydrogen-bond acceptors (Lipinski definition) is 6. The van der Waals surface area contributed by atoms with Gasteiger partial charge >= 0.3 is 0 Å². The minimum Gasteiger partial charge on any atom is -0.473 e. The summed E-state index contributed by atoms with van der Waals surface area (Å²) in [7, 11) is 1.59. The molecule has 3 heterocycles. The van der Waals surface area contributed by atoms with E-state index in [2.05, 4.69) is 26.8 Å². The van der Waals surface area contributed by atoms with E-state index in [-0.39, 0.29) is 30.0 Å². The molecule has 0 spiro atoms. The topological polar surface area (TPSA) is 109 Å². The van der Waals surface area contributed by atoms with Gasteiger partial charge in [-0.2, -0.15) is 0 Å². The Bertz CT molecular complexity index is 896. The van der Waals surface area contributed by atoms with Crippen LogP contribution in [-0.2, 0) is 9.53 Å². The molecule has 0 radical (unpaired) electrons. The first kappa shape index (κ1) is 20.8. The van der Waals surface area contributed by atoms with Crippen LogP contribution in [0.3, 0.4) is 0 Å². The first-order valence-electron chi connectivity index (χ1n) is 9.66. The summed E-state index contributed by atoms with van der Waals surface area (Å²) in [5, 5.41) is 2.86. The Morgan fingerprint density at radius 1 is 1.52 bits per heavy atom. The van der Waals surface area contributed by atoms with Gasteiger partial charge in [-0.05, 0) is 19.9 Å². The van der Waals surface area contributed by atoms with Crippen molar-refractivity contribution in [1.82, 2.24) is 25.2 Å². The van der Waals surface area contributed by atoms with E-state index < -0.39 is 0 Å². The zero-order valence-corrected chi connectivity index (χ0v) is 17.0. The molecule has 3 atom stereocenters. The Morgan fingerprint density at radius 2 is 2.31 bits per heavy atom. The lowest BCUT2D eigenvalue weighted by molar-refractivity contribution is -0.130. The molecule has 9 nitrogen and oxygen atoms in total. The minimum absolute atomic E-state index is 0.0480. The summed E-state index contributed by atoms with van der Waals surface area (Å²) < 4.78 is 11.1. The summed E-state index contributed by atoms with van der Waals surface area (Å²) >= 11 is 0. The van der Waals surface area contributed by atoms with Gasteiger partial charge in [-0.1, -0.05) is 6.58 Å². The predicted octanol–water partition coefficient (Wildman–Crippen LogP) is 1.67. The van der Waals surface area contributed by atoms with Crippen molar-refractivity contribution in [2.45, 2.75) is 44.9 Å². The van der Waals surface area contributed by atoms with E-state index in [1.165, 1.54) is 6.08 Å². The lowest BCUT2D eigenvalue weighted by Crippen LogP contribution is -2.46. The molecule has 0 unspecified atom stereocenters. The normalized spacial score (nSPS) is 20.3. The molecule has 0 saturated carbocycles. The van der Waals surface area contributed by atoms with Crippen LogP contribution in [0.25, 0.3) is 11.2 Å². The van der Waals surface area contributed by atoms with Crippen LogP contribution in [0.15, 0.2) is 25.0 Å². The quantitative estimate of drug-likeness (QED) is 0.683. The van der Waals surface area contributed by atoms with Crippen molar-refractivity contribution >= 4 is 23.0 Å². The predicted molar refractivity (Wildman–Crippen MR) is 108 cm³/mol.